The molecule has 0 unspecified atom stereocenters. The van der Waals surface area contributed by atoms with E-state index in [2.05, 4.69) is 27.3 Å². The zero-order valence-electron chi connectivity index (χ0n) is 15.1. The summed E-state index contributed by atoms with van der Waals surface area (Å²) < 4.78 is 0. The minimum atomic E-state index is -0.0564. The molecule has 2 aromatic carbocycles. The average Bonchev–Trinajstić information content (AvgIpc) is 2.75. The van der Waals surface area contributed by atoms with Crippen LogP contribution in [0.15, 0.2) is 79.0 Å². The number of piperazine rings is 1. The minimum Gasteiger partial charge on any atom is -0.353 e. The second kappa shape index (κ2) is 7.91. The minimum absolute atomic E-state index is 0.0564. The van der Waals surface area contributed by atoms with E-state index in [4.69, 9.17) is 0 Å². The van der Waals surface area contributed by atoms with Gasteiger partial charge < -0.3 is 15.1 Å². The Bertz CT molecular complexity index is 890. The summed E-state index contributed by atoms with van der Waals surface area (Å²) in [5.41, 5.74) is 2.95. The van der Waals surface area contributed by atoms with Crippen LogP contribution in [0.5, 0.6) is 0 Å². The van der Waals surface area contributed by atoms with Crippen LogP contribution in [0.2, 0.25) is 0 Å². The largest absolute Gasteiger partial charge is 0.353 e. The summed E-state index contributed by atoms with van der Waals surface area (Å²) in [6, 6.07) is 23.9. The fraction of sp³-hybridized carbons (Fsp3) is 0.182. The molecule has 1 saturated heterocycles. The molecule has 0 saturated carbocycles. The molecule has 1 N–H and O–H groups in total. The highest BCUT2D eigenvalue weighted by atomic mass is 16.2. The third kappa shape index (κ3) is 3.92. The predicted octanol–water partition coefficient (Wildman–Crippen LogP) is 4.10. The van der Waals surface area contributed by atoms with Crippen LogP contribution in [0.3, 0.4) is 0 Å². The molecular formula is C22H22N4O. The van der Waals surface area contributed by atoms with Gasteiger partial charge in [-0.15, -0.1) is 0 Å². The fourth-order valence-electron chi connectivity index (χ4n) is 3.34. The van der Waals surface area contributed by atoms with Crippen LogP contribution in [0.4, 0.5) is 16.3 Å². The first-order chi connectivity index (χ1) is 13.3. The van der Waals surface area contributed by atoms with Crippen LogP contribution in [-0.4, -0.2) is 42.1 Å². The number of pyridine rings is 1. The topological polar surface area (TPSA) is 48.5 Å². The molecule has 0 radical (unpaired) electrons. The first-order valence-electron chi connectivity index (χ1n) is 9.17. The van der Waals surface area contributed by atoms with Crippen LogP contribution in [-0.2, 0) is 0 Å². The lowest BCUT2D eigenvalue weighted by atomic mass is 10.0. The van der Waals surface area contributed by atoms with Crippen molar-refractivity contribution in [2.45, 2.75) is 0 Å². The summed E-state index contributed by atoms with van der Waals surface area (Å²) in [6.45, 7) is 2.92. The van der Waals surface area contributed by atoms with E-state index in [-0.39, 0.29) is 6.03 Å². The Morgan fingerprint density at radius 1 is 0.815 bits per heavy atom. The number of benzene rings is 2. The maximum absolute atomic E-state index is 12.8. The van der Waals surface area contributed by atoms with Gasteiger partial charge in [0.25, 0.3) is 0 Å². The average molecular weight is 358 g/mol. The highest BCUT2D eigenvalue weighted by molar-refractivity contribution is 5.94. The Morgan fingerprint density at radius 2 is 1.52 bits per heavy atom. The van der Waals surface area contributed by atoms with E-state index < -0.39 is 0 Å². The van der Waals surface area contributed by atoms with Gasteiger partial charge in [-0.25, -0.2) is 9.78 Å². The number of urea groups is 1. The van der Waals surface area contributed by atoms with Crippen molar-refractivity contribution in [2.75, 3.05) is 36.4 Å². The number of rotatable bonds is 3. The number of para-hydroxylation sites is 1. The highest BCUT2D eigenvalue weighted by Gasteiger charge is 2.22. The molecule has 0 atom stereocenters. The molecule has 4 rings (SSSR count). The van der Waals surface area contributed by atoms with Gasteiger partial charge in [-0.3, -0.25) is 0 Å². The maximum Gasteiger partial charge on any atom is 0.321 e. The lowest BCUT2D eigenvalue weighted by Gasteiger charge is -2.35. The van der Waals surface area contributed by atoms with Gasteiger partial charge in [0.15, 0.2) is 0 Å². The Hall–Kier alpha value is -3.34. The van der Waals surface area contributed by atoms with E-state index in [1.807, 2.05) is 65.6 Å². The van der Waals surface area contributed by atoms with Crippen LogP contribution in [0, 0.1) is 0 Å². The molecule has 27 heavy (non-hydrogen) atoms. The molecule has 1 aliphatic rings. The van der Waals surface area contributed by atoms with E-state index >= 15 is 0 Å². The van der Waals surface area contributed by atoms with Gasteiger partial charge in [0.2, 0.25) is 0 Å². The third-order valence-corrected chi connectivity index (χ3v) is 4.79. The highest BCUT2D eigenvalue weighted by Crippen LogP contribution is 2.27. The summed E-state index contributed by atoms with van der Waals surface area (Å²) in [5.74, 6) is 0.965. The molecule has 2 amide bonds. The first-order valence-corrected chi connectivity index (χ1v) is 9.17. The summed E-state index contributed by atoms with van der Waals surface area (Å²) in [6.07, 6.45) is 1.80. The molecule has 0 spiro atoms. The van der Waals surface area contributed by atoms with Crippen molar-refractivity contribution in [3.05, 3.63) is 79.0 Å². The van der Waals surface area contributed by atoms with Crippen molar-refractivity contribution in [2.24, 2.45) is 0 Å². The number of carbonyl (C=O) groups excluding carboxylic acids is 1. The summed E-state index contributed by atoms with van der Waals surface area (Å²) in [5, 5.41) is 3.09. The van der Waals surface area contributed by atoms with E-state index in [1.165, 1.54) is 0 Å². The van der Waals surface area contributed by atoms with E-state index in [0.29, 0.717) is 13.1 Å². The molecule has 2 heterocycles. The van der Waals surface area contributed by atoms with Crippen molar-refractivity contribution in [3.63, 3.8) is 0 Å². The number of hydrogen-bond acceptors (Lipinski definition) is 3. The van der Waals surface area contributed by atoms with Crippen LogP contribution in [0.1, 0.15) is 0 Å². The standard InChI is InChI=1S/C22H22N4O/c27-22(26-16-14-25(15-17-26)21-12-6-7-13-23-21)24-20-11-5-4-10-19(20)18-8-2-1-3-9-18/h1-13H,14-17H2,(H,24,27). The van der Waals surface area contributed by atoms with Gasteiger partial charge in [-0.1, -0.05) is 54.6 Å². The summed E-state index contributed by atoms with van der Waals surface area (Å²) >= 11 is 0. The quantitative estimate of drug-likeness (QED) is 0.767. The zero-order valence-corrected chi connectivity index (χ0v) is 15.1. The van der Waals surface area contributed by atoms with E-state index in [9.17, 15) is 4.79 Å². The number of amides is 2. The summed E-state index contributed by atoms with van der Waals surface area (Å²) in [4.78, 5) is 21.2. The van der Waals surface area contributed by atoms with Gasteiger partial charge in [-0.05, 0) is 23.8 Å². The van der Waals surface area contributed by atoms with E-state index in [1.54, 1.807) is 6.20 Å². The molecular weight excluding hydrogens is 336 g/mol. The Morgan fingerprint density at radius 3 is 2.26 bits per heavy atom. The van der Waals surface area contributed by atoms with Crippen LogP contribution in [0.25, 0.3) is 11.1 Å². The SMILES string of the molecule is O=C(Nc1ccccc1-c1ccccc1)N1CCN(c2ccccn2)CC1. The molecule has 5 heteroatoms. The number of nitrogens with one attached hydrogen (secondary N) is 1. The molecule has 5 nitrogen and oxygen atoms in total. The molecule has 1 aliphatic heterocycles. The van der Waals surface area contributed by atoms with Crippen molar-refractivity contribution < 1.29 is 4.79 Å². The molecule has 0 bridgehead atoms. The molecule has 1 fully saturated rings. The molecule has 136 valence electrons. The Labute approximate surface area is 159 Å². The first kappa shape index (κ1) is 17.1. The van der Waals surface area contributed by atoms with Gasteiger partial charge in [0, 0.05) is 37.9 Å². The van der Waals surface area contributed by atoms with E-state index in [0.717, 1.165) is 35.7 Å². The number of carbonyl (C=O) groups is 1. The number of nitrogens with zero attached hydrogens (tertiary/aromatic N) is 3. The molecule has 0 aliphatic carbocycles. The van der Waals surface area contributed by atoms with Crippen molar-refractivity contribution >= 4 is 17.5 Å². The number of aromatic nitrogens is 1. The van der Waals surface area contributed by atoms with Gasteiger partial charge in [0.1, 0.15) is 5.82 Å². The summed E-state index contributed by atoms with van der Waals surface area (Å²) in [7, 11) is 0. The monoisotopic (exact) mass is 358 g/mol. The lowest BCUT2D eigenvalue weighted by Crippen LogP contribution is -2.50. The second-order valence-electron chi connectivity index (χ2n) is 6.50. The Kier molecular flexibility index (Phi) is 5.01. The lowest BCUT2D eigenvalue weighted by molar-refractivity contribution is 0.208. The van der Waals surface area contributed by atoms with Crippen molar-refractivity contribution in [1.29, 1.82) is 0 Å². The number of hydrogen-bond donors (Lipinski definition) is 1. The Balaban J connectivity index is 1.42. The van der Waals surface area contributed by atoms with Gasteiger partial charge >= 0.3 is 6.03 Å². The zero-order chi connectivity index (χ0) is 18.5. The van der Waals surface area contributed by atoms with Gasteiger partial charge in [0.05, 0.1) is 5.69 Å². The number of anilines is 2. The third-order valence-electron chi connectivity index (χ3n) is 4.79. The smallest absolute Gasteiger partial charge is 0.321 e. The second-order valence-corrected chi connectivity index (χ2v) is 6.50. The van der Waals surface area contributed by atoms with Gasteiger partial charge in [-0.2, -0.15) is 0 Å². The molecule has 3 aromatic rings. The van der Waals surface area contributed by atoms with Crippen LogP contribution < -0.4 is 10.2 Å². The van der Waals surface area contributed by atoms with Crippen molar-refractivity contribution in [3.8, 4) is 11.1 Å². The van der Waals surface area contributed by atoms with Crippen molar-refractivity contribution in [1.82, 2.24) is 9.88 Å². The predicted molar refractivity (Wildman–Crippen MR) is 109 cm³/mol. The normalized spacial score (nSPS) is 14.1. The fourth-order valence-corrected chi connectivity index (χ4v) is 3.34. The molecule has 1 aromatic heterocycles. The maximum atomic E-state index is 12.8. The van der Waals surface area contributed by atoms with Crippen LogP contribution >= 0.6 is 0 Å².